The minimum absolute atomic E-state index is 0.00317. The van der Waals surface area contributed by atoms with Crippen LogP contribution in [0.4, 0.5) is 0 Å². The van der Waals surface area contributed by atoms with Gasteiger partial charge in [0.1, 0.15) is 24.3 Å². The number of fused-ring (bicyclic) bond motifs is 1. The molecule has 2 rings (SSSR count). The summed E-state index contributed by atoms with van der Waals surface area (Å²) in [6.45, 7) is 1.30. The van der Waals surface area contributed by atoms with Crippen LogP contribution in [-0.4, -0.2) is 35.5 Å². The molecule has 0 aromatic heterocycles. The third kappa shape index (κ3) is 3.89. The fourth-order valence-electron chi connectivity index (χ4n) is 3.33. The smallest absolute Gasteiger partial charge is 0.303 e. The zero-order valence-corrected chi connectivity index (χ0v) is 12.9. The molecule has 1 saturated carbocycles. The second-order valence-corrected chi connectivity index (χ2v) is 5.88. The zero-order chi connectivity index (χ0) is 17.0. The number of aliphatic carboxylic acids is 1. The van der Waals surface area contributed by atoms with E-state index in [1.54, 1.807) is 0 Å². The quantitative estimate of drug-likeness (QED) is 0.448. The SMILES string of the molecule is CC(=O)O[C@@H]1C[C@@H]2OC(=C(C#N)CCCC(=O)O)C[C@@H]2[C@H]1C=O. The Hall–Kier alpha value is -2.36. The molecule has 1 saturated heterocycles. The van der Waals surface area contributed by atoms with Crippen molar-refractivity contribution in [3.8, 4) is 6.07 Å². The fourth-order valence-corrected chi connectivity index (χ4v) is 3.33. The van der Waals surface area contributed by atoms with E-state index in [4.69, 9.17) is 14.6 Å². The summed E-state index contributed by atoms with van der Waals surface area (Å²) in [7, 11) is 0. The largest absolute Gasteiger partial charge is 0.493 e. The summed E-state index contributed by atoms with van der Waals surface area (Å²) in [4.78, 5) is 33.0. The number of carbonyl (C=O) groups excluding carboxylic acids is 2. The van der Waals surface area contributed by atoms with Crippen molar-refractivity contribution in [2.45, 2.75) is 51.2 Å². The molecule has 7 heteroatoms. The molecule has 0 unspecified atom stereocenters. The minimum atomic E-state index is -0.901. The van der Waals surface area contributed by atoms with Crippen molar-refractivity contribution in [3.63, 3.8) is 0 Å². The minimum Gasteiger partial charge on any atom is -0.493 e. The van der Waals surface area contributed by atoms with Crippen molar-refractivity contribution in [1.82, 2.24) is 0 Å². The number of aldehydes is 1. The summed E-state index contributed by atoms with van der Waals surface area (Å²) in [5.41, 5.74) is 0.439. The standard InChI is InChI=1S/C16H19NO6/c1-9(19)22-15-6-14-11(12(15)8-18)5-13(23-14)10(7-17)3-2-4-16(20)21/h8,11-12,14-15H,2-6H2,1H3,(H,20,21)/t11-,12-,14+,15-/m1/s1. The third-order valence-corrected chi connectivity index (χ3v) is 4.34. The Balaban J connectivity index is 2.04. The number of hydrogen-bond acceptors (Lipinski definition) is 6. The number of esters is 1. The Kier molecular flexibility index (Phi) is 5.37. The first-order chi connectivity index (χ1) is 11.0. The lowest BCUT2D eigenvalue weighted by Gasteiger charge is -2.17. The van der Waals surface area contributed by atoms with Crippen molar-refractivity contribution in [2.24, 2.45) is 11.8 Å². The lowest BCUT2D eigenvalue weighted by molar-refractivity contribution is -0.149. The molecular formula is C16H19NO6. The summed E-state index contributed by atoms with van der Waals surface area (Å²) in [6, 6.07) is 2.07. The van der Waals surface area contributed by atoms with Gasteiger partial charge in [-0.05, 0) is 12.8 Å². The zero-order valence-electron chi connectivity index (χ0n) is 12.9. The predicted molar refractivity (Wildman–Crippen MR) is 76.8 cm³/mol. The van der Waals surface area contributed by atoms with Crippen molar-refractivity contribution in [3.05, 3.63) is 11.3 Å². The first-order valence-corrected chi connectivity index (χ1v) is 7.59. The van der Waals surface area contributed by atoms with Crippen LogP contribution in [0, 0.1) is 23.2 Å². The number of nitriles is 1. The molecule has 124 valence electrons. The molecule has 7 nitrogen and oxygen atoms in total. The molecule has 1 N–H and O–H groups in total. The van der Waals surface area contributed by atoms with E-state index in [2.05, 4.69) is 6.07 Å². The molecule has 23 heavy (non-hydrogen) atoms. The van der Waals surface area contributed by atoms with E-state index in [0.29, 0.717) is 37.0 Å². The van der Waals surface area contributed by atoms with E-state index >= 15 is 0 Å². The summed E-state index contributed by atoms with van der Waals surface area (Å²) < 4.78 is 11.0. The van der Waals surface area contributed by atoms with Gasteiger partial charge in [-0.3, -0.25) is 9.59 Å². The Labute approximate surface area is 133 Å². The highest BCUT2D eigenvalue weighted by molar-refractivity contribution is 5.67. The highest BCUT2D eigenvalue weighted by Gasteiger charge is 2.50. The van der Waals surface area contributed by atoms with E-state index in [0.717, 1.165) is 6.29 Å². The fraction of sp³-hybridized carbons (Fsp3) is 0.625. The van der Waals surface area contributed by atoms with E-state index in [1.807, 2.05) is 0 Å². The molecule has 0 spiro atoms. The molecule has 0 radical (unpaired) electrons. The average Bonchev–Trinajstić information content (AvgIpc) is 2.99. The van der Waals surface area contributed by atoms with Gasteiger partial charge in [-0.2, -0.15) is 5.26 Å². The highest BCUT2D eigenvalue weighted by Crippen LogP contribution is 2.46. The maximum Gasteiger partial charge on any atom is 0.303 e. The third-order valence-electron chi connectivity index (χ3n) is 4.34. The predicted octanol–water partition coefficient (Wildman–Crippen LogP) is 1.57. The number of ether oxygens (including phenoxy) is 2. The first kappa shape index (κ1) is 17.0. The van der Waals surface area contributed by atoms with Crippen LogP contribution in [-0.2, 0) is 23.9 Å². The normalized spacial score (nSPS) is 30.8. The Morgan fingerprint density at radius 2 is 2.22 bits per heavy atom. The summed E-state index contributed by atoms with van der Waals surface area (Å²) >= 11 is 0. The summed E-state index contributed by atoms with van der Waals surface area (Å²) in [5, 5.41) is 17.9. The second kappa shape index (κ2) is 7.27. The molecule has 1 aliphatic carbocycles. The van der Waals surface area contributed by atoms with E-state index in [-0.39, 0.29) is 18.4 Å². The van der Waals surface area contributed by atoms with Gasteiger partial charge in [0.15, 0.2) is 0 Å². The lowest BCUT2D eigenvalue weighted by atomic mass is 9.92. The summed E-state index contributed by atoms with van der Waals surface area (Å²) in [5.74, 6) is -1.32. The van der Waals surface area contributed by atoms with Crippen LogP contribution in [0.15, 0.2) is 11.3 Å². The Bertz CT molecular complexity index is 576. The Morgan fingerprint density at radius 3 is 2.78 bits per heavy atom. The van der Waals surface area contributed by atoms with Crippen LogP contribution in [0.1, 0.15) is 39.0 Å². The van der Waals surface area contributed by atoms with Crippen molar-refractivity contribution in [2.75, 3.05) is 0 Å². The lowest BCUT2D eigenvalue weighted by Crippen LogP contribution is -2.25. The molecule has 1 aliphatic heterocycles. The van der Waals surface area contributed by atoms with Gasteiger partial charge in [0.25, 0.3) is 0 Å². The average molecular weight is 321 g/mol. The molecule has 2 fully saturated rings. The Morgan fingerprint density at radius 1 is 1.48 bits per heavy atom. The molecule has 0 amide bonds. The second-order valence-electron chi connectivity index (χ2n) is 5.88. The molecule has 4 atom stereocenters. The topological polar surface area (TPSA) is 114 Å². The molecule has 1 heterocycles. The van der Waals surface area contributed by atoms with E-state index in [9.17, 15) is 19.6 Å². The van der Waals surface area contributed by atoms with Gasteiger partial charge in [-0.1, -0.05) is 0 Å². The number of carboxylic acids is 1. The van der Waals surface area contributed by atoms with Crippen LogP contribution >= 0.6 is 0 Å². The highest BCUT2D eigenvalue weighted by atomic mass is 16.5. The number of carbonyl (C=O) groups is 3. The number of rotatable bonds is 6. The van der Waals surface area contributed by atoms with Crippen molar-refractivity contribution >= 4 is 18.2 Å². The maximum atomic E-state index is 11.3. The van der Waals surface area contributed by atoms with Crippen LogP contribution in [0.5, 0.6) is 0 Å². The van der Waals surface area contributed by atoms with Crippen LogP contribution < -0.4 is 0 Å². The monoisotopic (exact) mass is 321 g/mol. The van der Waals surface area contributed by atoms with Gasteiger partial charge in [-0.15, -0.1) is 0 Å². The first-order valence-electron chi connectivity index (χ1n) is 7.59. The van der Waals surface area contributed by atoms with Crippen molar-refractivity contribution in [1.29, 1.82) is 5.26 Å². The van der Waals surface area contributed by atoms with Crippen LogP contribution in [0.3, 0.4) is 0 Å². The molecule has 2 aliphatic rings. The molecular weight excluding hydrogens is 302 g/mol. The van der Waals surface area contributed by atoms with Gasteiger partial charge in [0.2, 0.25) is 0 Å². The molecule has 0 aromatic carbocycles. The van der Waals surface area contributed by atoms with Crippen LogP contribution in [0.2, 0.25) is 0 Å². The van der Waals surface area contributed by atoms with E-state index in [1.165, 1.54) is 6.92 Å². The van der Waals surface area contributed by atoms with Crippen molar-refractivity contribution < 1.29 is 29.0 Å². The van der Waals surface area contributed by atoms with E-state index < -0.39 is 24.0 Å². The van der Waals surface area contributed by atoms with Gasteiger partial charge < -0.3 is 19.4 Å². The number of hydrogen-bond donors (Lipinski definition) is 1. The number of allylic oxidation sites excluding steroid dienone is 2. The van der Waals surface area contributed by atoms with Gasteiger partial charge in [-0.25, -0.2) is 0 Å². The number of carboxylic acid groups (broad SMARTS) is 1. The van der Waals surface area contributed by atoms with Gasteiger partial charge in [0, 0.05) is 32.1 Å². The molecule has 0 bridgehead atoms. The van der Waals surface area contributed by atoms with Gasteiger partial charge >= 0.3 is 11.9 Å². The number of nitrogens with zero attached hydrogens (tertiary/aromatic N) is 1. The van der Waals surface area contributed by atoms with Gasteiger partial charge in [0.05, 0.1) is 17.6 Å². The van der Waals surface area contributed by atoms with Crippen LogP contribution in [0.25, 0.3) is 0 Å². The molecule has 0 aromatic rings. The summed E-state index contributed by atoms with van der Waals surface area (Å²) in [6.07, 6.45) is 1.67. The maximum absolute atomic E-state index is 11.3.